The summed E-state index contributed by atoms with van der Waals surface area (Å²) in [7, 11) is 0. The van der Waals surface area contributed by atoms with Crippen molar-refractivity contribution in [2.24, 2.45) is 0 Å². The molecule has 0 radical (unpaired) electrons. The second-order valence-corrected chi connectivity index (χ2v) is 7.62. The molecule has 0 aromatic rings. The molecule has 10 heteroatoms. The summed E-state index contributed by atoms with van der Waals surface area (Å²) in [5.74, 6) is -1.93. The third kappa shape index (κ3) is 7.59. The lowest BCUT2D eigenvalue weighted by Gasteiger charge is -2.26. The topological polar surface area (TPSA) is 75.7 Å². The van der Waals surface area contributed by atoms with Gasteiger partial charge in [-0.3, -0.25) is 9.59 Å². The Morgan fingerprint density at radius 3 is 2.59 bits per heavy atom. The van der Waals surface area contributed by atoms with Gasteiger partial charge in [-0.2, -0.15) is 24.9 Å². The summed E-state index contributed by atoms with van der Waals surface area (Å²) in [6, 6.07) is -2.15. The Bertz CT molecular complexity index is 517. The number of esters is 1. The summed E-state index contributed by atoms with van der Waals surface area (Å²) in [6.45, 7) is 3.99. The fraction of sp³-hybridized carbons (Fsp3) is 0.824. The second kappa shape index (κ2) is 11.4. The van der Waals surface area contributed by atoms with Crippen molar-refractivity contribution in [3.05, 3.63) is 0 Å². The lowest BCUT2D eigenvalue weighted by molar-refractivity contribution is -0.186. The zero-order valence-electron chi connectivity index (χ0n) is 15.6. The van der Waals surface area contributed by atoms with Gasteiger partial charge in [-0.25, -0.2) is 4.79 Å². The van der Waals surface area contributed by atoms with Gasteiger partial charge in [0.05, 0.1) is 6.61 Å². The molecule has 0 spiro atoms. The van der Waals surface area contributed by atoms with Crippen molar-refractivity contribution in [1.29, 1.82) is 0 Å². The van der Waals surface area contributed by atoms with E-state index < -0.39 is 36.0 Å². The highest BCUT2D eigenvalue weighted by Crippen LogP contribution is 2.26. The number of amides is 2. The molecule has 0 aromatic carbocycles. The first kappa shape index (κ1) is 23.6. The summed E-state index contributed by atoms with van der Waals surface area (Å²) < 4.78 is 43.3. The quantitative estimate of drug-likeness (QED) is 0.441. The molecule has 0 aromatic heterocycles. The molecule has 1 aliphatic heterocycles. The molecule has 156 valence electrons. The zero-order valence-corrected chi connectivity index (χ0v) is 16.5. The molecule has 1 fully saturated rings. The number of likely N-dealkylation sites (tertiary alicyclic amines) is 1. The average Bonchev–Trinajstić information content (AvgIpc) is 3.09. The van der Waals surface area contributed by atoms with Crippen LogP contribution in [0.4, 0.5) is 13.2 Å². The summed E-state index contributed by atoms with van der Waals surface area (Å²) >= 11 is 1.58. The summed E-state index contributed by atoms with van der Waals surface area (Å²) in [4.78, 5) is 36.8. The molecule has 1 N–H and O–H groups in total. The fourth-order valence-electron chi connectivity index (χ4n) is 2.73. The number of alkyl halides is 3. The lowest BCUT2D eigenvalue weighted by Crippen LogP contribution is -2.53. The molecule has 2 atom stereocenters. The summed E-state index contributed by atoms with van der Waals surface area (Å²) in [6.07, 6.45) is -2.75. The average molecular weight is 412 g/mol. The predicted molar refractivity (Wildman–Crippen MR) is 96.2 cm³/mol. The Hall–Kier alpha value is -1.45. The molecule has 1 heterocycles. The maximum Gasteiger partial charge on any atom is 0.471 e. The standard InChI is InChI=1S/C17H27F3N2O4S/c1-3-5-10-26-15(24)12(8-11-27-4-2)21-14(23)13-7-6-9-22(13)16(25)17(18,19)20/h12-13H,3-11H2,1-2H3,(H,21,23)/t12-,13-/m0/s1. The molecule has 2 amide bonds. The number of carbonyl (C=O) groups excluding carboxylic acids is 3. The Balaban J connectivity index is 2.75. The lowest BCUT2D eigenvalue weighted by atomic mass is 10.1. The van der Waals surface area contributed by atoms with Crippen LogP contribution in [0.1, 0.15) is 46.0 Å². The van der Waals surface area contributed by atoms with Gasteiger partial charge in [0.2, 0.25) is 5.91 Å². The van der Waals surface area contributed by atoms with Crippen molar-refractivity contribution in [3.63, 3.8) is 0 Å². The van der Waals surface area contributed by atoms with Crippen LogP contribution in [-0.2, 0) is 19.1 Å². The van der Waals surface area contributed by atoms with E-state index in [1.807, 2.05) is 13.8 Å². The third-order valence-corrected chi connectivity index (χ3v) is 5.09. The molecule has 0 aliphatic carbocycles. The Labute approximate surface area is 161 Å². The third-order valence-electron chi connectivity index (χ3n) is 4.16. The van der Waals surface area contributed by atoms with E-state index in [2.05, 4.69) is 5.32 Å². The van der Waals surface area contributed by atoms with E-state index in [-0.39, 0.29) is 19.6 Å². The van der Waals surface area contributed by atoms with Crippen molar-refractivity contribution in [3.8, 4) is 0 Å². The molecule has 0 saturated carbocycles. The van der Waals surface area contributed by atoms with Gasteiger partial charge < -0.3 is 15.0 Å². The number of nitrogens with zero attached hydrogens (tertiary/aromatic N) is 1. The van der Waals surface area contributed by atoms with E-state index in [9.17, 15) is 27.6 Å². The molecular weight excluding hydrogens is 385 g/mol. The highest BCUT2D eigenvalue weighted by atomic mass is 32.2. The predicted octanol–water partition coefficient (Wildman–Crippen LogP) is 2.51. The molecule has 1 saturated heterocycles. The van der Waals surface area contributed by atoms with Crippen LogP contribution in [0.5, 0.6) is 0 Å². The van der Waals surface area contributed by atoms with E-state index >= 15 is 0 Å². The zero-order chi connectivity index (χ0) is 20.4. The van der Waals surface area contributed by atoms with E-state index in [4.69, 9.17) is 4.74 Å². The van der Waals surface area contributed by atoms with E-state index in [1.165, 1.54) is 0 Å². The Morgan fingerprint density at radius 1 is 1.30 bits per heavy atom. The first-order valence-corrected chi connectivity index (χ1v) is 10.3. The molecule has 0 unspecified atom stereocenters. The van der Waals surface area contributed by atoms with Gasteiger partial charge in [-0.1, -0.05) is 20.3 Å². The number of unbranched alkanes of at least 4 members (excludes halogenated alkanes) is 1. The van der Waals surface area contributed by atoms with Crippen LogP contribution in [-0.4, -0.2) is 65.6 Å². The van der Waals surface area contributed by atoms with Gasteiger partial charge in [0.1, 0.15) is 12.1 Å². The van der Waals surface area contributed by atoms with Crippen molar-refractivity contribution in [2.75, 3.05) is 24.7 Å². The smallest absolute Gasteiger partial charge is 0.464 e. The minimum absolute atomic E-state index is 0.131. The van der Waals surface area contributed by atoms with Crippen LogP contribution in [0.15, 0.2) is 0 Å². The molecule has 0 bridgehead atoms. The maximum atomic E-state index is 12.7. The molecular formula is C17H27F3N2O4S. The van der Waals surface area contributed by atoms with Crippen LogP contribution in [0.3, 0.4) is 0 Å². The SMILES string of the molecule is CCCCOC(=O)[C@H](CCSCC)NC(=O)[C@@H]1CCCN1C(=O)C(F)(F)F. The number of carbonyl (C=O) groups is 3. The summed E-state index contributed by atoms with van der Waals surface area (Å²) in [5.41, 5.74) is 0. The van der Waals surface area contributed by atoms with Gasteiger partial charge in [-0.05, 0) is 37.2 Å². The Morgan fingerprint density at radius 2 is 2.00 bits per heavy atom. The van der Waals surface area contributed by atoms with E-state index in [0.717, 1.165) is 12.2 Å². The van der Waals surface area contributed by atoms with Gasteiger partial charge in [0, 0.05) is 6.54 Å². The number of rotatable bonds is 10. The molecule has 27 heavy (non-hydrogen) atoms. The number of nitrogens with one attached hydrogen (secondary N) is 1. The number of halogens is 3. The van der Waals surface area contributed by atoms with Crippen molar-refractivity contribution >= 4 is 29.5 Å². The van der Waals surface area contributed by atoms with Crippen molar-refractivity contribution < 1.29 is 32.3 Å². The normalized spacial score (nSPS) is 18.3. The summed E-state index contributed by atoms with van der Waals surface area (Å²) in [5, 5.41) is 2.49. The van der Waals surface area contributed by atoms with Gasteiger partial charge in [0.25, 0.3) is 0 Å². The minimum Gasteiger partial charge on any atom is -0.464 e. The minimum atomic E-state index is -5.03. The Kier molecular flexibility index (Phi) is 9.97. The van der Waals surface area contributed by atoms with Gasteiger partial charge in [-0.15, -0.1) is 0 Å². The van der Waals surface area contributed by atoms with Crippen molar-refractivity contribution in [1.82, 2.24) is 10.2 Å². The van der Waals surface area contributed by atoms with Crippen LogP contribution in [0.25, 0.3) is 0 Å². The number of thioether (sulfide) groups is 1. The van der Waals surface area contributed by atoms with Crippen LogP contribution in [0, 0.1) is 0 Å². The van der Waals surface area contributed by atoms with Crippen molar-refractivity contribution in [2.45, 2.75) is 64.2 Å². The molecule has 6 nitrogen and oxygen atoms in total. The number of hydrogen-bond acceptors (Lipinski definition) is 5. The van der Waals surface area contributed by atoms with E-state index in [1.54, 1.807) is 11.8 Å². The van der Waals surface area contributed by atoms with Crippen LogP contribution < -0.4 is 5.32 Å². The van der Waals surface area contributed by atoms with Crippen LogP contribution in [0.2, 0.25) is 0 Å². The highest BCUT2D eigenvalue weighted by Gasteiger charge is 2.48. The molecule has 1 aliphatic rings. The monoisotopic (exact) mass is 412 g/mol. The first-order valence-electron chi connectivity index (χ1n) is 9.14. The second-order valence-electron chi connectivity index (χ2n) is 6.22. The fourth-order valence-corrected chi connectivity index (χ4v) is 3.42. The van der Waals surface area contributed by atoms with Gasteiger partial charge >= 0.3 is 18.1 Å². The maximum absolute atomic E-state index is 12.7. The largest absolute Gasteiger partial charge is 0.471 e. The molecule has 1 rings (SSSR count). The van der Waals surface area contributed by atoms with Crippen LogP contribution >= 0.6 is 11.8 Å². The first-order chi connectivity index (χ1) is 12.7. The van der Waals surface area contributed by atoms with E-state index in [0.29, 0.717) is 29.9 Å². The number of ether oxygens (including phenoxy) is 1. The number of hydrogen-bond donors (Lipinski definition) is 1. The van der Waals surface area contributed by atoms with Gasteiger partial charge in [0.15, 0.2) is 0 Å². The highest BCUT2D eigenvalue weighted by molar-refractivity contribution is 7.99.